The van der Waals surface area contributed by atoms with Gasteiger partial charge in [0, 0.05) is 31.5 Å². The zero-order valence-electron chi connectivity index (χ0n) is 17.3. The number of rotatable bonds is 9. The maximum absolute atomic E-state index is 14.0. The Kier molecular flexibility index (Phi) is 7.81. The van der Waals surface area contributed by atoms with Gasteiger partial charge in [0.25, 0.3) is 0 Å². The number of nitrogens with zero attached hydrogens (tertiary/aromatic N) is 2. The number of methoxy groups -OCH3 is 1. The van der Waals surface area contributed by atoms with Crippen molar-refractivity contribution >= 4 is 23.2 Å². The summed E-state index contributed by atoms with van der Waals surface area (Å²) >= 11 is 1.65. The second-order valence-electron chi connectivity index (χ2n) is 7.06. The van der Waals surface area contributed by atoms with Crippen LogP contribution in [-0.2, 0) is 20.7 Å². The van der Waals surface area contributed by atoms with Crippen molar-refractivity contribution in [1.29, 1.82) is 0 Å². The number of hydrogen-bond acceptors (Lipinski definition) is 5. The summed E-state index contributed by atoms with van der Waals surface area (Å²) < 4.78 is 24.8. The predicted octanol–water partition coefficient (Wildman–Crippen LogP) is 3.28. The molecular weight excluding hydrogens is 407 g/mol. The highest BCUT2D eigenvalue weighted by Crippen LogP contribution is 2.34. The van der Waals surface area contributed by atoms with E-state index in [-0.39, 0.29) is 36.8 Å². The number of benzene rings is 1. The zero-order valence-corrected chi connectivity index (χ0v) is 18.1. The molecule has 3 rings (SSSR count). The Morgan fingerprint density at radius 3 is 2.83 bits per heavy atom. The second kappa shape index (κ2) is 10.5. The summed E-state index contributed by atoms with van der Waals surface area (Å²) in [5.74, 6) is -0.508. The third kappa shape index (κ3) is 5.17. The largest absolute Gasteiger partial charge is 0.488 e. The molecule has 6 nitrogen and oxygen atoms in total. The summed E-state index contributed by atoms with van der Waals surface area (Å²) in [6.45, 7) is 3.19. The van der Waals surface area contributed by atoms with Gasteiger partial charge in [0.15, 0.2) is 11.6 Å². The Morgan fingerprint density at radius 2 is 2.10 bits per heavy atom. The lowest BCUT2D eigenvalue weighted by Crippen LogP contribution is -2.48. The fourth-order valence-corrected chi connectivity index (χ4v) is 4.50. The summed E-state index contributed by atoms with van der Waals surface area (Å²) in [5.41, 5.74) is 1.03. The molecule has 0 radical (unpaired) electrons. The van der Waals surface area contributed by atoms with Gasteiger partial charge in [0.1, 0.15) is 6.61 Å². The molecule has 0 aliphatic carbocycles. The number of carbonyl (C=O) groups excluding carboxylic acids is 2. The summed E-state index contributed by atoms with van der Waals surface area (Å²) in [4.78, 5) is 29.9. The molecule has 1 aliphatic heterocycles. The molecule has 2 amide bonds. The Morgan fingerprint density at radius 1 is 1.30 bits per heavy atom. The van der Waals surface area contributed by atoms with Crippen LogP contribution in [0.25, 0.3) is 0 Å². The molecule has 0 N–H and O–H groups in total. The van der Waals surface area contributed by atoms with Gasteiger partial charge >= 0.3 is 0 Å². The number of amides is 2. The van der Waals surface area contributed by atoms with E-state index in [4.69, 9.17) is 9.47 Å². The van der Waals surface area contributed by atoms with Crippen molar-refractivity contribution in [1.82, 2.24) is 9.80 Å². The van der Waals surface area contributed by atoms with E-state index in [1.54, 1.807) is 48.5 Å². The average molecular weight is 435 g/mol. The fraction of sp³-hybridized carbons (Fsp3) is 0.455. The highest BCUT2D eigenvalue weighted by molar-refractivity contribution is 7.10. The lowest BCUT2D eigenvalue weighted by Gasteiger charge is -2.37. The number of carbonyl (C=O) groups is 2. The van der Waals surface area contributed by atoms with Gasteiger partial charge in [-0.15, -0.1) is 11.3 Å². The van der Waals surface area contributed by atoms with Crippen LogP contribution in [0.2, 0.25) is 0 Å². The maximum Gasteiger partial charge on any atom is 0.242 e. The first-order valence-corrected chi connectivity index (χ1v) is 10.9. The quantitative estimate of drug-likeness (QED) is 0.608. The predicted molar refractivity (Wildman–Crippen MR) is 113 cm³/mol. The number of ether oxygens (including phenoxy) is 2. The van der Waals surface area contributed by atoms with E-state index >= 15 is 0 Å². The molecule has 0 saturated heterocycles. The number of para-hydroxylation sites is 1. The van der Waals surface area contributed by atoms with Gasteiger partial charge in [-0.2, -0.15) is 0 Å². The van der Waals surface area contributed by atoms with Crippen molar-refractivity contribution in [2.45, 2.75) is 25.8 Å². The smallest absolute Gasteiger partial charge is 0.242 e. The number of fused-ring (bicyclic) bond motifs is 1. The van der Waals surface area contributed by atoms with E-state index in [2.05, 4.69) is 0 Å². The van der Waals surface area contributed by atoms with Crippen LogP contribution in [0.4, 0.5) is 4.39 Å². The van der Waals surface area contributed by atoms with Crippen molar-refractivity contribution in [3.8, 4) is 5.75 Å². The van der Waals surface area contributed by atoms with Crippen LogP contribution < -0.4 is 4.74 Å². The van der Waals surface area contributed by atoms with Crippen LogP contribution in [-0.4, -0.2) is 61.6 Å². The molecule has 1 unspecified atom stereocenters. The van der Waals surface area contributed by atoms with Crippen LogP contribution >= 0.6 is 11.3 Å². The van der Waals surface area contributed by atoms with Gasteiger partial charge in [0.05, 0.1) is 19.2 Å². The van der Waals surface area contributed by atoms with Crippen LogP contribution in [0.1, 0.15) is 29.8 Å². The molecule has 8 heteroatoms. The van der Waals surface area contributed by atoms with Gasteiger partial charge < -0.3 is 19.3 Å². The number of thiophene rings is 1. The molecule has 1 aromatic carbocycles. The molecule has 162 valence electrons. The summed E-state index contributed by atoms with van der Waals surface area (Å²) in [6.07, 6.45) is 1.08. The molecule has 0 spiro atoms. The second-order valence-corrected chi connectivity index (χ2v) is 8.06. The molecule has 1 aliphatic rings. The van der Waals surface area contributed by atoms with Crippen molar-refractivity contribution in [3.05, 3.63) is 52.0 Å². The molecule has 0 saturated carbocycles. The van der Waals surface area contributed by atoms with E-state index in [1.807, 2.05) is 11.4 Å². The SMILES string of the molecule is CCC(=O)N(CCOC)CC(=O)N1CCc2sccc2C1COc1ccccc1F. The first kappa shape index (κ1) is 22.2. The summed E-state index contributed by atoms with van der Waals surface area (Å²) in [5, 5.41) is 2.00. The molecule has 30 heavy (non-hydrogen) atoms. The van der Waals surface area contributed by atoms with Crippen molar-refractivity contribution in [3.63, 3.8) is 0 Å². The Labute approximate surface area is 180 Å². The molecule has 2 heterocycles. The summed E-state index contributed by atoms with van der Waals surface area (Å²) in [6, 6.07) is 7.91. The van der Waals surface area contributed by atoms with Crippen LogP contribution in [0.5, 0.6) is 5.75 Å². The topological polar surface area (TPSA) is 59.1 Å². The third-order valence-electron chi connectivity index (χ3n) is 5.20. The minimum Gasteiger partial charge on any atom is -0.488 e. The van der Waals surface area contributed by atoms with Gasteiger partial charge in [-0.3, -0.25) is 9.59 Å². The monoisotopic (exact) mass is 434 g/mol. The zero-order chi connectivity index (χ0) is 21.5. The minimum atomic E-state index is -0.434. The highest BCUT2D eigenvalue weighted by Gasteiger charge is 2.33. The van der Waals surface area contributed by atoms with Gasteiger partial charge in [-0.05, 0) is 35.6 Å². The highest BCUT2D eigenvalue weighted by atomic mass is 32.1. The lowest BCUT2D eigenvalue weighted by atomic mass is 10.0. The molecular formula is C22H27FN2O4S. The minimum absolute atomic E-state index is 0.00823. The Balaban J connectivity index is 1.76. The van der Waals surface area contributed by atoms with Gasteiger partial charge in [-0.1, -0.05) is 19.1 Å². The van der Waals surface area contributed by atoms with E-state index in [1.165, 1.54) is 15.8 Å². The van der Waals surface area contributed by atoms with Crippen molar-refractivity contribution in [2.24, 2.45) is 0 Å². The molecule has 2 aromatic rings. The van der Waals surface area contributed by atoms with E-state index in [0.717, 1.165) is 12.0 Å². The average Bonchev–Trinajstić information content (AvgIpc) is 3.24. The number of halogens is 1. The first-order chi connectivity index (χ1) is 14.5. The fourth-order valence-electron chi connectivity index (χ4n) is 3.58. The first-order valence-electron chi connectivity index (χ1n) is 10.0. The van der Waals surface area contributed by atoms with Gasteiger partial charge in [-0.25, -0.2) is 4.39 Å². The molecule has 1 aromatic heterocycles. The third-order valence-corrected chi connectivity index (χ3v) is 6.19. The van der Waals surface area contributed by atoms with Crippen molar-refractivity contribution < 1.29 is 23.5 Å². The normalized spacial score (nSPS) is 15.6. The summed E-state index contributed by atoms with van der Waals surface area (Å²) in [7, 11) is 1.56. The van der Waals surface area contributed by atoms with Crippen molar-refractivity contribution in [2.75, 3.05) is 40.0 Å². The molecule has 1 atom stereocenters. The Hall–Kier alpha value is -2.45. The Bertz CT molecular complexity index is 872. The van der Waals surface area contributed by atoms with Crippen LogP contribution in [0, 0.1) is 5.82 Å². The maximum atomic E-state index is 14.0. The molecule has 0 fully saturated rings. The van der Waals surface area contributed by atoms with Crippen LogP contribution in [0.3, 0.4) is 0 Å². The van der Waals surface area contributed by atoms with Crippen LogP contribution in [0.15, 0.2) is 35.7 Å². The number of hydrogen-bond donors (Lipinski definition) is 0. The molecule has 0 bridgehead atoms. The standard InChI is InChI=1S/C22H27FN2O4S/c1-3-21(26)24(11-12-28-2)14-22(27)25-10-8-20-16(9-13-30-20)18(25)15-29-19-7-5-4-6-17(19)23/h4-7,9,13,18H,3,8,10-12,14-15H2,1-2H3. The van der Waals surface area contributed by atoms with E-state index in [0.29, 0.717) is 26.1 Å². The van der Waals surface area contributed by atoms with E-state index < -0.39 is 5.82 Å². The van der Waals surface area contributed by atoms with Gasteiger partial charge in [0.2, 0.25) is 11.8 Å². The van der Waals surface area contributed by atoms with E-state index in [9.17, 15) is 14.0 Å². The lowest BCUT2D eigenvalue weighted by molar-refractivity contribution is -0.143.